The third-order valence-electron chi connectivity index (χ3n) is 3.14. The van der Waals surface area contributed by atoms with Crippen molar-refractivity contribution in [2.24, 2.45) is 0 Å². The van der Waals surface area contributed by atoms with E-state index < -0.39 is 0 Å². The Balaban J connectivity index is 1.84. The number of aryl methyl sites for hydroxylation is 1. The van der Waals surface area contributed by atoms with Gasteiger partial charge in [0.1, 0.15) is 5.69 Å². The van der Waals surface area contributed by atoms with E-state index in [2.05, 4.69) is 20.6 Å². The van der Waals surface area contributed by atoms with E-state index in [9.17, 15) is 9.59 Å². The maximum Gasteiger partial charge on any atom is 0.267 e. The highest BCUT2D eigenvalue weighted by atomic mass is 16.2. The van der Waals surface area contributed by atoms with E-state index >= 15 is 0 Å². The lowest BCUT2D eigenvalue weighted by molar-refractivity contribution is 0.0944. The van der Waals surface area contributed by atoms with Crippen molar-refractivity contribution in [3.8, 4) is 0 Å². The van der Waals surface area contributed by atoms with Crippen LogP contribution in [0, 0.1) is 6.92 Å². The molecule has 0 aliphatic heterocycles. The lowest BCUT2D eigenvalue weighted by Crippen LogP contribution is -2.31. The largest absolute Gasteiger partial charge is 0.354 e. The van der Waals surface area contributed by atoms with Crippen LogP contribution in [0.15, 0.2) is 29.2 Å². The number of H-pyrrole nitrogens is 1. The monoisotopic (exact) mass is 303 g/mol. The van der Waals surface area contributed by atoms with E-state index in [1.807, 2.05) is 30.7 Å². The SMILES string of the molecule is Cc1cc(=O)[nH]c(NCCNC(=O)c2cccn2C(C)C)n1. The number of carbonyl (C=O) groups is 1. The molecule has 2 rings (SSSR count). The van der Waals surface area contributed by atoms with Crippen molar-refractivity contribution in [2.45, 2.75) is 26.8 Å². The summed E-state index contributed by atoms with van der Waals surface area (Å²) in [6.45, 7) is 6.71. The molecule has 0 radical (unpaired) electrons. The van der Waals surface area contributed by atoms with Crippen LogP contribution in [0.3, 0.4) is 0 Å². The molecule has 0 bridgehead atoms. The molecule has 0 saturated carbocycles. The van der Waals surface area contributed by atoms with Gasteiger partial charge in [-0.05, 0) is 32.9 Å². The second-order valence-electron chi connectivity index (χ2n) is 5.31. The first-order valence-corrected chi connectivity index (χ1v) is 7.24. The van der Waals surface area contributed by atoms with Crippen LogP contribution in [0.4, 0.5) is 5.95 Å². The summed E-state index contributed by atoms with van der Waals surface area (Å²) in [7, 11) is 0. The number of aromatic nitrogens is 3. The lowest BCUT2D eigenvalue weighted by Gasteiger charge is -2.13. The van der Waals surface area contributed by atoms with Gasteiger partial charge in [0.25, 0.3) is 11.5 Å². The third kappa shape index (κ3) is 3.97. The molecule has 0 saturated heterocycles. The van der Waals surface area contributed by atoms with E-state index in [1.165, 1.54) is 6.07 Å². The maximum absolute atomic E-state index is 12.1. The van der Waals surface area contributed by atoms with Crippen LogP contribution >= 0.6 is 0 Å². The van der Waals surface area contributed by atoms with E-state index in [4.69, 9.17) is 0 Å². The van der Waals surface area contributed by atoms with E-state index in [0.717, 1.165) is 0 Å². The predicted octanol–water partition coefficient (Wildman–Crippen LogP) is 1.30. The molecule has 2 aromatic heterocycles. The fourth-order valence-electron chi connectivity index (χ4n) is 2.15. The zero-order valence-electron chi connectivity index (χ0n) is 13.0. The molecule has 0 aliphatic rings. The molecule has 0 unspecified atom stereocenters. The van der Waals surface area contributed by atoms with Gasteiger partial charge in [0.15, 0.2) is 0 Å². The fraction of sp³-hybridized carbons (Fsp3) is 0.400. The summed E-state index contributed by atoms with van der Waals surface area (Å²) < 4.78 is 1.92. The number of carbonyl (C=O) groups excluding carboxylic acids is 1. The van der Waals surface area contributed by atoms with Gasteiger partial charge in [-0.2, -0.15) is 0 Å². The molecule has 0 aliphatic carbocycles. The minimum Gasteiger partial charge on any atom is -0.354 e. The summed E-state index contributed by atoms with van der Waals surface area (Å²) >= 11 is 0. The first-order valence-electron chi connectivity index (χ1n) is 7.24. The molecule has 2 heterocycles. The fourth-order valence-corrected chi connectivity index (χ4v) is 2.15. The Labute approximate surface area is 128 Å². The molecule has 3 N–H and O–H groups in total. The molecule has 7 nitrogen and oxygen atoms in total. The highest BCUT2D eigenvalue weighted by Crippen LogP contribution is 2.10. The lowest BCUT2D eigenvalue weighted by atomic mass is 10.3. The second kappa shape index (κ2) is 6.93. The van der Waals surface area contributed by atoms with Gasteiger partial charge >= 0.3 is 0 Å². The summed E-state index contributed by atoms with van der Waals surface area (Å²) in [5.74, 6) is 0.288. The summed E-state index contributed by atoms with van der Waals surface area (Å²) in [6.07, 6.45) is 1.89. The van der Waals surface area contributed by atoms with Crippen LogP contribution < -0.4 is 16.2 Å². The molecular weight excluding hydrogens is 282 g/mol. The molecule has 2 aromatic rings. The number of nitrogens with zero attached hydrogens (tertiary/aromatic N) is 2. The molecule has 22 heavy (non-hydrogen) atoms. The van der Waals surface area contributed by atoms with Gasteiger partial charge in [-0.3, -0.25) is 14.6 Å². The van der Waals surface area contributed by atoms with Crippen molar-refractivity contribution >= 4 is 11.9 Å². The Morgan fingerprint density at radius 3 is 2.86 bits per heavy atom. The van der Waals surface area contributed by atoms with Gasteiger partial charge in [-0.15, -0.1) is 0 Å². The predicted molar refractivity (Wildman–Crippen MR) is 85.2 cm³/mol. The van der Waals surface area contributed by atoms with Crippen molar-refractivity contribution < 1.29 is 4.79 Å². The first kappa shape index (κ1) is 15.8. The number of nitrogens with one attached hydrogen (secondary N) is 3. The molecule has 118 valence electrons. The van der Waals surface area contributed by atoms with Crippen LogP contribution in [0.1, 0.15) is 36.1 Å². The maximum atomic E-state index is 12.1. The molecule has 0 fully saturated rings. The first-order chi connectivity index (χ1) is 10.5. The Hall–Kier alpha value is -2.57. The van der Waals surface area contributed by atoms with Crippen LogP contribution in [0.5, 0.6) is 0 Å². The number of anilines is 1. The van der Waals surface area contributed by atoms with Gasteiger partial charge in [0.05, 0.1) is 0 Å². The number of aromatic amines is 1. The smallest absolute Gasteiger partial charge is 0.267 e. The minimum atomic E-state index is -0.200. The topological polar surface area (TPSA) is 91.8 Å². The highest BCUT2D eigenvalue weighted by Gasteiger charge is 2.11. The second-order valence-corrected chi connectivity index (χ2v) is 5.31. The number of hydrogen-bond acceptors (Lipinski definition) is 4. The van der Waals surface area contributed by atoms with Crippen molar-refractivity contribution in [3.63, 3.8) is 0 Å². The highest BCUT2D eigenvalue weighted by molar-refractivity contribution is 5.92. The average Bonchev–Trinajstić information content (AvgIpc) is 2.92. The zero-order chi connectivity index (χ0) is 16.1. The standard InChI is InChI=1S/C15H21N5O2/c1-10(2)20-8-4-5-12(20)14(22)16-6-7-17-15-18-11(3)9-13(21)19-15/h4-5,8-10H,6-7H2,1-3H3,(H,16,22)(H2,17,18,19,21). The minimum absolute atomic E-state index is 0.119. The van der Waals surface area contributed by atoms with Gasteiger partial charge in [-0.25, -0.2) is 4.98 Å². The molecule has 1 amide bonds. The van der Waals surface area contributed by atoms with Crippen molar-refractivity contribution in [2.75, 3.05) is 18.4 Å². The molecule has 0 aromatic carbocycles. The van der Waals surface area contributed by atoms with Gasteiger partial charge in [0.2, 0.25) is 5.95 Å². The quantitative estimate of drug-likeness (QED) is 0.701. The Morgan fingerprint density at radius 2 is 2.18 bits per heavy atom. The summed E-state index contributed by atoms with van der Waals surface area (Å²) in [5, 5.41) is 5.81. The van der Waals surface area contributed by atoms with Gasteiger partial charge in [0, 0.05) is 37.1 Å². The molecule has 0 atom stereocenters. The Bertz CT molecular complexity index is 702. The molecule has 0 spiro atoms. The summed E-state index contributed by atoms with van der Waals surface area (Å²) in [5.41, 5.74) is 1.08. The number of amides is 1. The van der Waals surface area contributed by atoms with E-state index in [0.29, 0.717) is 30.4 Å². The van der Waals surface area contributed by atoms with E-state index in [-0.39, 0.29) is 17.5 Å². The summed E-state index contributed by atoms with van der Waals surface area (Å²) in [4.78, 5) is 30.2. The van der Waals surface area contributed by atoms with Crippen LogP contribution in [-0.4, -0.2) is 33.5 Å². The van der Waals surface area contributed by atoms with Gasteiger partial charge < -0.3 is 15.2 Å². The van der Waals surface area contributed by atoms with Crippen molar-refractivity contribution in [1.82, 2.24) is 19.9 Å². The van der Waals surface area contributed by atoms with Crippen LogP contribution in [0.2, 0.25) is 0 Å². The summed E-state index contributed by atoms with van der Waals surface area (Å²) in [6, 6.07) is 5.31. The molecular formula is C15H21N5O2. The van der Waals surface area contributed by atoms with E-state index in [1.54, 1.807) is 13.0 Å². The van der Waals surface area contributed by atoms with Gasteiger partial charge in [-0.1, -0.05) is 0 Å². The van der Waals surface area contributed by atoms with Crippen LogP contribution in [-0.2, 0) is 0 Å². The number of rotatable bonds is 6. The Kier molecular flexibility index (Phi) is 4.98. The van der Waals surface area contributed by atoms with Crippen molar-refractivity contribution in [1.29, 1.82) is 0 Å². The average molecular weight is 303 g/mol. The Morgan fingerprint density at radius 1 is 1.41 bits per heavy atom. The van der Waals surface area contributed by atoms with Crippen molar-refractivity contribution in [3.05, 3.63) is 46.1 Å². The molecule has 7 heteroatoms. The zero-order valence-corrected chi connectivity index (χ0v) is 13.0. The normalized spacial score (nSPS) is 10.7. The number of hydrogen-bond donors (Lipinski definition) is 3. The van der Waals surface area contributed by atoms with Crippen LogP contribution in [0.25, 0.3) is 0 Å². The third-order valence-corrected chi connectivity index (χ3v) is 3.14.